The Balaban J connectivity index is 1.31. The molecule has 1 aliphatic rings. The van der Waals surface area contributed by atoms with Crippen molar-refractivity contribution in [1.29, 1.82) is 0 Å². The predicted octanol–water partition coefficient (Wildman–Crippen LogP) is 4.22. The van der Waals surface area contributed by atoms with Gasteiger partial charge in [0.25, 0.3) is 0 Å². The molecule has 3 aromatic rings. The quantitative estimate of drug-likeness (QED) is 0.647. The minimum atomic E-state index is -0.137. The summed E-state index contributed by atoms with van der Waals surface area (Å²) in [5.74, 6) is 0.0383. The Morgan fingerprint density at radius 3 is 2.73 bits per heavy atom. The van der Waals surface area contributed by atoms with E-state index >= 15 is 0 Å². The molecule has 2 atom stereocenters. The molecule has 2 N–H and O–H groups in total. The second-order valence-corrected chi connectivity index (χ2v) is 8.18. The first kappa shape index (κ1) is 20.2. The van der Waals surface area contributed by atoms with E-state index in [1.165, 1.54) is 10.9 Å². The van der Waals surface area contributed by atoms with Crippen LogP contribution in [0.2, 0.25) is 0 Å². The summed E-state index contributed by atoms with van der Waals surface area (Å²) in [6.45, 7) is 3.25. The maximum Gasteiger partial charge on any atom is 0.225 e. The Morgan fingerprint density at radius 2 is 1.90 bits per heavy atom. The summed E-state index contributed by atoms with van der Waals surface area (Å²) in [7, 11) is 0. The Labute approximate surface area is 177 Å². The summed E-state index contributed by atoms with van der Waals surface area (Å²) in [6.07, 6.45) is 4.88. The second-order valence-electron chi connectivity index (χ2n) is 8.18. The fraction of sp³-hybridized carbons (Fsp3) is 0.360. The van der Waals surface area contributed by atoms with Gasteiger partial charge in [0.1, 0.15) is 0 Å². The Bertz CT molecular complexity index is 1010. The first-order valence-corrected chi connectivity index (χ1v) is 10.8. The van der Waals surface area contributed by atoms with Crippen molar-refractivity contribution in [3.8, 4) is 0 Å². The highest BCUT2D eigenvalue weighted by Crippen LogP contribution is 2.22. The van der Waals surface area contributed by atoms with Gasteiger partial charge in [-0.1, -0.05) is 48.5 Å². The number of aromatic nitrogens is 1. The van der Waals surface area contributed by atoms with Gasteiger partial charge in [0, 0.05) is 36.6 Å². The number of rotatable bonds is 6. The molecular weight excluding hydrogens is 374 g/mol. The lowest BCUT2D eigenvalue weighted by Crippen LogP contribution is -2.45. The lowest BCUT2D eigenvalue weighted by atomic mass is 9.95. The van der Waals surface area contributed by atoms with E-state index in [-0.39, 0.29) is 23.8 Å². The third kappa shape index (κ3) is 4.56. The van der Waals surface area contributed by atoms with Crippen LogP contribution in [0.25, 0.3) is 10.9 Å². The van der Waals surface area contributed by atoms with Crippen LogP contribution in [0.4, 0.5) is 0 Å². The van der Waals surface area contributed by atoms with Crippen molar-refractivity contribution in [3.63, 3.8) is 0 Å². The lowest BCUT2D eigenvalue weighted by molar-refractivity contribution is -0.135. The van der Waals surface area contributed by atoms with Crippen LogP contribution in [0.15, 0.2) is 60.8 Å². The third-order valence-corrected chi connectivity index (χ3v) is 6.09. The normalized spacial score (nSPS) is 17.6. The molecule has 2 aromatic carbocycles. The number of H-pyrrole nitrogens is 1. The zero-order valence-corrected chi connectivity index (χ0v) is 17.4. The van der Waals surface area contributed by atoms with E-state index in [0.717, 1.165) is 30.5 Å². The average Bonchev–Trinajstić information content (AvgIpc) is 3.21. The Kier molecular flexibility index (Phi) is 6.17. The van der Waals surface area contributed by atoms with Crippen LogP contribution in [0.5, 0.6) is 0 Å². The number of benzene rings is 2. The van der Waals surface area contributed by atoms with Gasteiger partial charge in [-0.3, -0.25) is 9.59 Å². The molecule has 0 unspecified atom stereocenters. The van der Waals surface area contributed by atoms with E-state index < -0.39 is 0 Å². The fourth-order valence-electron chi connectivity index (χ4n) is 4.31. The minimum Gasteiger partial charge on any atom is -0.361 e. The molecule has 1 fully saturated rings. The van der Waals surface area contributed by atoms with Crippen LogP contribution in [-0.2, 0) is 16.0 Å². The number of nitrogens with one attached hydrogen (secondary N) is 2. The van der Waals surface area contributed by atoms with E-state index in [0.29, 0.717) is 19.4 Å². The minimum absolute atomic E-state index is 0.0355. The number of para-hydroxylation sites is 1. The monoisotopic (exact) mass is 403 g/mol. The highest BCUT2D eigenvalue weighted by Gasteiger charge is 2.29. The molecule has 0 radical (unpaired) electrons. The first-order chi connectivity index (χ1) is 14.6. The van der Waals surface area contributed by atoms with Gasteiger partial charge in [-0.25, -0.2) is 0 Å². The van der Waals surface area contributed by atoms with Crippen LogP contribution in [-0.4, -0.2) is 34.8 Å². The average molecular weight is 404 g/mol. The number of carbonyl (C=O) groups is 2. The zero-order chi connectivity index (χ0) is 20.9. The van der Waals surface area contributed by atoms with Crippen LogP contribution < -0.4 is 5.32 Å². The zero-order valence-electron chi connectivity index (χ0n) is 17.4. The largest absolute Gasteiger partial charge is 0.361 e. The Hall–Kier alpha value is -3.08. The third-order valence-electron chi connectivity index (χ3n) is 6.09. The molecule has 1 saturated heterocycles. The van der Waals surface area contributed by atoms with Crippen molar-refractivity contribution in [2.75, 3.05) is 13.1 Å². The molecule has 1 aromatic heterocycles. The fourth-order valence-corrected chi connectivity index (χ4v) is 4.31. The van der Waals surface area contributed by atoms with Crippen LogP contribution >= 0.6 is 0 Å². The topological polar surface area (TPSA) is 65.2 Å². The highest BCUT2D eigenvalue weighted by atomic mass is 16.2. The van der Waals surface area contributed by atoms with E-state index in [1.807, 2.05) is 66.6 Å². The van der Waals surface area contributed by atoms with Crippen molar-refractivity contribution in [1.82, 2.24) is 15.2 Å². The van der Waals surface area contributed by atoms with Crippen LogP contribution in [0.3, 0.4) is 0 Å². The van der Waals surface area contributed by atoms with Gasteiger partial charge < -0.3 is 15.2 Å². The van der Waals surface area contributed by atoms with E-state index in [2.05, 4.69) is 16.4 Å². The molecule has 0 saturated carbocycles. The SMILES string of the molecule is C[C@H](NC(=O)[C@@H]1CCCN(C(=O)CCc2c[nH]c3ccccc23)C1)c1ccccc1. The first-order valence-electron chi connectivity index (χ1n) is 10.8. The van der Waals surface area contributed by atoms with Gasteiger partial charge in [-0.15, -0.1) is 0 Å². The molecule has 30 heavy (non-hydrogen) atoms. The molecule has 0 bridgehead atoms. The van der Waals surface area contributed by atoms with Crippen LogP contribution in [0.1, 0.15) is 43.4 Å². The summed E-state index contributed by atoms with van der Waals surface area (Å²) in [4.78, 5) is 30.8. The second kappa shape index (κ2) is 9.16. The van der Waals surface area contributed by atoms with Crippen molar-refractivity contribution < 1.29 is 9.59 Å². The number of aryl methyl sites for hydroxylation is 1. The molecule has 156 valence electrons. The van der Waals surface area contributed by atoms with Crippen molar-refractivity contribution in [2.45, 2.75) is 38.6 Å². The van der Waals surface area contributed by atoms with Gasteiger partial charge in [0.15, 0.2) is 0 Å². The molecular formula is C25H29N3O2. The number of likely N-dealkylation sites (tertiary alicyclic amines) is 1. The number of hydrogen-bond acceptors (Lipinski definition) is 2. The van der Waals surface area contributed by atoms with Gasteiger partial charge in [0.2, 0.25) is 11.8 Å². The molecule has 5 heteroatoms. The molecule has 5 nitrogen and oxygen atoms in total. The van der Waals surface area contributed by atoms with Gasteiger partial charge in [-0.2, -0.15) is 0 Å². The maximum absolute atomic E-state index is 12.8. The Morgan fingerprint density at radius 1 is 1.13 bits per heavy atom. The van der Waals surface area contributed by atoms with E-state index in [4.69, 9.17) is 0 Å². The number of piperidine rings is 1. The van der Waals surface area contributed by atoms with Crippen LogP contribution in [0, 0.1) is 5.92 Å². The molecule has 2 amide bonds. The highest BCUT2D eigenvalue weighted by molar-refractivity contribution is 5.85. The van der Waals surface area contributed by atoms with Crippen molar-refractivity contribution >= 4 is 22.7 Å². The summed E-state index contributed by atoms with van der Waals surface area (Å²) < 4.78 is 0. The number of amides is 2. The number of fused-ring (bicyclic) bond motifs is 1. The van der Waals surface area contributed by atoms with Crippen molar-refractivity contribution in [3.05, 3.63) is 71.9 Å². The predicted molar refractivity (Wildman–Crippen MR) is 119 cm³/mol. The summed E-state index contributed by atoms with van der Waals surface area (Å²) in [6, 6.07) is 18.1. The number of nitrogens with zero attached hydrogens (tertiary/aromatic N) is 1. The number of carbonyl (C=O) groups excluding carboxylic acids is 2. The molecule has 0 aliphatic carbocycles. The molecule has 4 rings (SSSR count). The summed E-state index contributed by atoms with van der Waals surface area (Å²) in [5.41, 5.74) is 3.36. The number of aromatic amines is 1. The summed E-state index contributed by atoms with van der Waals surface area (Å²) in [5, 5.41) is 4.30. The molecule has 2 heterocycles. The summed E-state index contributed by atoms with van der Waals surface area (Å²) >= 11 is 0. The smallest absolute Gasteiger partial charge is 0.225 e. The molecule has 1 aliphatic heterocycles. The van der Waals surface area contributed by atoms with E-state index in [1.54, 1.807) is 0 Å². The van der Waals surface area contributed by atoms with E-state index in [9.17, 15) is 9.59 Å². The molecule has 0 spiro atoms. The maximum atomic E-state index is 12.8. The van der Waals surface area contributed by atoms with Gasteiger partial charge in [-0.05, 0) is 43.4 Å². The van der Waals surface area contributed by atoms with Crippen molar-refractivity contribution in [2.24, 2.45) is 5.92 Å². The van der Waals surface area contributed by atoms with Gasteiger partial charge in [0.05, 0.1) is 12.0 Å². The number of hydrogen-bond donors (Lipinski definition) is 2. The lowest BCUT2D eigenvalue weighted by Gasteiger charge is -2.32. The van der Waals surface area contributed by atoms with Gasteiger partial charge >= 0.3 is 0 Å². The standard InChI is InChI=1S/C25H29N3O2/c1-18(19-8-3-2-4-9-19)27-25(30)21-10-7-15-28(17-21)24(29)14-13-20-16-26-23-12-6-5-11-22(20)23/h2-6,8-9,11-12,16,18,21,26H,7,10,13-15,17H2,1H3,(H,27,30)/t18-,21+/m0/s1.